The fraction of sp³-hybridized carbons (Fsp3) is 0. The van der Waals surface area contributed by atoms with Gasteiger partial charge in [-0.1, -0.05) is 6.07 Å². The zero-order valence-electron chi connectivity index (χ0n) is 9.41. The molecule has 1 aromatic carbocycles. The van der Waals surface area contributed by atoms with Gasteiger partial charge < -0.3 is 5.32 Å². The minimum Gasteiger partial charge on any atom is -0.303 e. The standard InChI is InChI=1S/C11H8F2N4O2/c12-6-2-1-3-7(13)10(6)15-11(19)14-8-4-5-9(18)17-16-8/h1-5H,(H,17,18)(H2,14,15,16,19). The number of benzene rings is 1. The van der Waals surface area contributed by atoms with E-state index in [1.165, 1.54) is 12.1 Å². The van der Waals surface area contributed by atoms with E-state index < -0.39 is 28.9 Å². The third-order valence-corrected chi connectivity index (χ3v) is 2.12. The van der Waals surface area contributed by atoms with Crippen molar-refractivity contribution in [3.05, 3.63) is 52.3 Å². The Morgan fingerprint density at radius 3 is 2.37 bits per heavy atom. The van der Waals surface area contributed by atoms with Crippen LogP contribution in [0.2, 0.25) is 0 Å². The molecule has 3 N–H and O–H groups in total. The van der Waals surface area contributed by atoms with Crippen molar-refractivity contribution in [2.75, 3.05) is 10.6 Å². The first-order valence-corrected chi connectivity index (χ1v) is 5.14. The average molecular weight is 266 g/mol. The number of hydrogen-bond acceptors (Lipinski definition) is 3. The number of para-hydroxylation sites is 1. The summed E-state index contributed by atoms with van der Waals surface area (Å²) < 4.78 is 26.5. The van der Waals surface area contributed by atoms with Gasteiger partial charge in [0.15, 0.2) is 5.82 Å². The molecular formula is C11H8F2N4O2. The molecule has 0 unspecified atom stereocenters. The number of urea groups is 1. The van der Waals surface area contributed by atoms with Crippen LogP contribution in [-0.2, 0) is 0 Å². The van der Waals surface area contributed by atoms with E-state index in [9.17, 15) is 18.4 Å². The minimum atomic E-state index is -0.899. The largest absolute Gasteiger partial charge is 0.325 e. The van der Waals surface area contributed by atoms with Crippen LogP contribution in [0.1, 0.15) is 0 Å². The number of carbonyl (C=O) groups excluding carboxylic acids is 1. The topological polar surface area (TPSA) is 86.9 Å². The minimum absolute atomic E-state index is 0.0360. The zero-order valence-corrected chi connectivity index (χ0v) is 9.41. The van der Waals surface area contributed by atoms with E-state index in [4.69, 9.17) is 0 Å². The van der Waals surface area contributed by atoms with E-state index in [-0.39, 0.29) is 5.82 Å². The summed E-state index contributed by atoms with van der Waals surface area (Å²) in [5.74, 6) is -1.76. The first-order valence-electron chi connectivity index (χ1n) is 5.14. The first kappa shape index (κ1) is 12.7. The van der Waals surface area contributed by atoms with Gasteiger partial charge in [0.05, 0.1) is 0 Å². The Morgan fingerprint density at radius 2 is 1.79 bits per heavy atom. The molecule has 1 heterocycles. The third kappa shape index (κ3) is 3.12. The van der Waals surface area contributed by atoms with Gasteiger partial charge in [-0.25, -0.2) is 18.7 Å². The Labute approximate surface area is 105 Å². The highest BCUT2D eigenvalue weighted by Crippen LogP contribution is 2.17. The van der Waals surface area contributed by atoms with Crippen LogP contribution in [0.4, 0.5) is 25.1 Å². The average Bonchev–Trinajstić information content (AvgIpc) is 2.37. The Bertz CT molecular complexity index is 631. The molecule has 0 fully saturated rings. The summed E-state index contributed by atoms with van der Waals surface area (Å²) in [6, 6.07) is 4.71. The molecule has 2 amide bonds. The van der Waals surface area contributed by atoms with Crippen LogP contribution in [0.5, 0.6) is 0 Å². The molecule has 0 aliphatic heterocycles. The third-order valence-electron chi connectivity index (χ3n) is 2.12. The fourth-order valence-corrected chi connectivity index (χ4v) is 1.29. The predicted octanol–water partition coefficient (Wildman–Crippen LogP) is 1.69. The van der Waals surface area contributed by atoms with Gasteiger partial charge in [0.1, 0.15) is 17.3 Å². The van der Waals surface area contributed by atoms with Crippen molar-refractivity contribution in [3.63, 3.8) is 0 Å². The second kappa shape index (κ2) is 5.25. The number of rotatable bonds is 2. The smallest absolute Gasteiger partial charge is 0.303 e. The molecule has 19 heavy (non-hydrogen) atoms. The molecule has 6 nitrogen and oxygen atoms in total. The molecule has 1 aromatic heterocycles. The summed E-state index contributed by atoms with van der Waals surface area (Å²) >= 11 is 0. The number of aromatic nitrogens is 2. The molecule has 0 aliphatic carbocycles. The van der Waals surface area contributed by atoms with Crippen molar-refractivity contribution in [2.24, 2.45) is 0 Å². The maximum Gasteiger partial charge on any atom is 0.325 e. The summed E-state index contributed by atoms with van der Waals surface area (Å²) in [5.41, 5.74) is -1.00. The van der Waals surface area contributed by atoms with Crippen molar-refractivity contribution < 1.29 is 13.6 Å². The van der Waals surface area contributed by atoms with Gasteiger partial charge in [-0.15, -0.1) is 0 Å². The molecule has 8 heteroatoms. The molecule has 0 aliphatic rings. The molecule has 0 saturated heterocycles. The number of nitrogens with one attached hydrogen (secondary N) is 3. The monoisotopic (exact) mass is 266 g/mol. The van der Waals surface area contributed by atoms with Crippen LogP contribution in [0.15, 0.2) is 35.1 Å². The van der Waals surface area contributed by atoms with E-state index in [1.807, 2.05) is 5.32 Å². The van der Waals surface area contributed by atoms with E-state index in [2.05, 4.69) is 15.5 Å². The number of H-pyrrole nitrogens is 1. The molecule has 0 spiro atoms. The lowest BCUT2D eigenvalue weighted by molar-refractivity contribution is 0.262. The van der Waals surface area contributed by atoms with Crippen LogP contribution in [0.3, 0.4) is 0 Å². The van der Waals surface area contributed by atoms with Crippen molar-refractivity contribution >= 4 is 17.5 Å². The van der Waals surface area contributed by atoms with Gasteiger partial charge >= 0.3 is 6.03 Å². The van der Waals surface area contributed by atoms with Crippen molar-refractivity contribution in [3.8, 4) is 0 Å². The van der Waals surface area contributed by atoms with Gasteiger partial charge in [-0.05, 0) is 18.2 Å². The van der Waals surface area contributed by atoms with Gasteiger partial charge in [0, 0.05) is 6.07 Å². The molecule has 0 radical (unpaired) electrons. The quantitative estimate of drug-likeness (QED) is 0.773. The zero-order chi connectivity index (χ0) is 13.8. The maximum absolute atomic E-state index is 13.3. The number of halogens is 2. The Balaban J connectivity index is 2.09. The highest BCUT2D eigenvalue weighted by molar-refractivity contribution is 5.99. The van der Waals surface area contributed by atoms with Crippen LogP contribution in [0, 0.1) is 11.6 Å². The summed E-state index contributed by atoms with van der Waals surface area (Å²) in [6.45, 7) is 0. The SMILES string of the molecule is O=C(Nc1ccc(=O)[nH]n1)Nc1c(F)cccc1F. The van der Waals surface area contributed by atoms with Crippen LogP contribution >= 0.6 is 0 Å². The van der Waals surface area contributed by atoms with Gasteiger partial charge in [0.25, 0.3) is 5.56 Å². The van der Waals surface area contributed by atoms with Crippen LogP contribution in [0.25, 0.3) is 0 Å². The highest BCUT2D eigenvalue weighted by Gasteiger charge is 2.12. The maximum atomic E-state index is 13.3. The van der Waals surface area contributed by atoms with E-state index in [0.29, 0.717) is 0 Å². The molecule has 2 rings (SSSR count). The molecule has 0 atom stereocenters. The number of hydrogen-bond donors (Lipinski definition) is 3. The highest BCUT2D eigenvalue weighted by atomic mass is 19.1. The summed E-state index contributed by atoms with van der Waals surface area (Å²) in [7, 11) is 0. The number of anilines is 2. The second-order valence-corrected chi connectivity index (χ2v) is 3.48. The van der Waals surface area contributed by atoms with Gasteiger partial charge in [-0.3, -0.25) is 10.1 Å². The number of carbonyl (C=O) groups is 1. The number of amides is 2. The van der Waals surface area contributed by atoms with Crippen molar-refractivity contribution in [2.45, 2.75) is 0 Å². The van der Waals surface area contributed by atoms with E-state index in [1.54, 1.807) is 0 Å². The Hall–Kier alpha value is -2.77. The summed E-state index contributed by atoms with van der Waals surface area (Å²) in [6.07, 6.45) is 0. The van der Waals surface area contributed by atoms with Crippen molar-refractivity contribution in [1.29, 1.82) is 0 Å². The molecular weight excluding hydrogens is 258 g/mol. The lowest BCUT2D eigenvalue weighted by atomic mass is 10.3. The van der Waals surface area contributed by atoms with Crippen molar-refractivity contribution in [1.82, 2.24) is 10.2 Å². The Kier molecular flexibility index (Phi) is 3.51. The number of nitrogens with zero attached hydrogens (tertiary/aromatic N) is 1. The van der Waals surface area contributed by atoms with Crippen LogP contribution in [-0.4, -0.2) is 16.2 Å². The Morgan fingerprint density at radius 1 is 1.11 bits per heavy atom. The number of aromatic amines is 1. The van der Waals surface area contributed by atoms with Crippen LogP contribution < -0.4 is 16.2 Å². The molecule has 0 saturated carbocycles. The first-order chi connectivity index (χ1) is 9.06. The lowest BCUT2D eigenvalue weighted by Gasteiger charge is -2.08. The molecule has 2 aromatic rings. The summed E-state index contributed by atoms with van der Waals surface area (Å²) in [5, 5.41) is 9.82. The van der Waals surface area contributed by atoms with Gasteiger partial charge in [0.2, 0.25) is 0 Å². The lowest BCUT2D eigenvalue weighted by Crippen LogP contribution is -2.22. The van der Waals surface area contributed by atoms with E-state index >= 15 is 0 Å². The molecule has 98 valence electrons. The molecule has 0 bridgehead atoms. The summed E-state index contributed by atoms with van der Waals surface area (Å²) in [4.78, 5) is 22.2. The fourth-order valence-electron chi connectivity index (χ4n) is 1.29. The second-order valence-electron chi connectivity index (χ2n) is 3.48. The normalized spacial score (nSPS) is 10.0. The predicted molar refractivity (Wildman–Crippen MR) is 63.9 cm³/mol. The van der Waals surface area contributed by atoms with E-state index in [0.717, 1.165) is 18.2 Å². The van der Waals surface area contributed by atoms with Gasteiger partial charge in [-0.2, -0.15) is 5.10 Å².